The third-order valence-corrected chi connectivity index (χ3v) is 3.64. The van der Waals surface area contributed by atoms with Gasteiger partial charge in [0.15, 0.2) is 0 Å². The number of benzene rings is 2. The van der Waals surface area contributed by atoms with Crippen LogP contribution in [-0.2, 0) is 0 Å². The average molecular weight is 298 g/mol. The largest absolute Gasteiger partial charge is 0.248 e. The predicted molar refractivity (Wildman–Crippen MR) is 79.6 cm³/mol. The van der Waals surface area contributed by atoms with Crippen molar-refractivity contribution in [3.63, 3.8) is 0 Å². The van der Waals surface area contributed by atoms with Gasteiger partial charge in [-0.15, -0.1) is 0 Å². The lowest BCUT2D eigenvalue weighted by Gasteiger charge is -2.06. The number of rotatable bonds is 1. The molecule has 0 radical (unpaired) electrons. The second kappa shape index (κ2) is 4.54. The highest BCUT2D eigenvalue weighted by atomic mass is 79.9. The summed E-state index contributed by atoms with van der Waals surface area (Å²) >= 11 is 3.64. The Labute approximate surface area is 115 Å². The van der Waals surface area contributed by atoms with Gasteiger partial charge in [-0.3, -0.25) is 0 Å². The first-order chi connectivity index (χ1) is 8.74. The first-order valence-electron chi connectivity index (χ1n) is 5.86. The normalized spacial score (nSPS) is 10.8. The summed E-state index contributed by atoms with van der Waals surface area (Å²) in [4.78, 5) is 4.72. The van der Waals surface area contributed by atoms with Gasteiger partial charge in [0.05, 0.1) is 11.2 Å². The Kier molecular flexibility index (Phi) is 2.88. The quantitative estimate of drug-likeness (QED) is 0.618. The number of hydrogen-bond donors (Lipinski definition) is 0. The van der Waals surface area contributed by atoms with Crippen LogP contribution in [-0.4, -0.2) is 4.98 Å². The minimum absolute atomic E-state index is 0.999. The van der Waals surface area contributed by atoms with Crippen molar-refractivity contribution in [2.45, 2.75) is 6.92 Å². The van der Waals surface area contributed by atoms with Gasteiger partial charge in [0.2, 0.25) is 0 Å². The summed E-state index contributed by atoms with van der Waals surface area (Å²) in [7, 11) is 0. The van der Waals surface area contributed by atoms with E-state index in [0.29, 0.717) is 0 Å². The minimum Gasteiger partial charge on any atom is -0.248 e. The maximum Gasteiger partial charge on any atom is 0.0721 e. The summed E-state index contributed by atoms with van der Waals surface area (Å²) in [5.74, 6) is 0. The minimum atomic E-state index is 0.999. The molecular formula is C16H12BrN. The van der Waals surface area contributed by atoms with Crippen molar-refractivity contribution in [2.75, 3.05) is 0 Å². The van der Waals surface area contributed by atoms with Crippen LogP contribution in [0, 0.1) is 6.92 Å². The standard InChI is InChI=1S/C16H12BrN/c1-11-7-8-15-13(9-11)14(17)10-16(18-15)12-5-3-2-4-6-12/h2-10H,1H3. The lowest BCUT2D eigenvalue weighted by atomic mass is 10.1. The summed E-state index contributed by atoms with van der Waals surface area (Å²) in [5, 5.41) is 1.16. The predicted octanol–water partition coefficient (Wildman–Crippen LogP) is 4.97. The van der Waals surface area contributed by atoms with Crippen LogP contribution in [0.25, 0.3) is 22.2 Å². The van der Waals surface area contributed by atoms with E-state index in [1.165, 1.54) is 5.56 Å². The molecule has 0 saturated heterocycles. The number of halogens is 1. The van der Waals surface area contributed by atoms with Gasteiger partial charge < -0.3 is 0 Å². The molecule has 1 aromatic heterocycles. The molecule has 0 atom stereocenters. The molecule has 0 amide bonds. The van der Waals surface area contributed by atoms with E-state index in [1.54, 1.807) is 0 Å². The topological polar surface area (TPSA) is 12.9 Å². The molecule has 0 spiro atoms. The van der Waals surface area contributed by atoms with Gasteiger partial charge in [0, 0.05) is 15.4 Å². The van der Waals surface area contributed by atoms with Gasteiger partial charge >= 0.3 is 0 Å². The highest BCUT2D eigenvalue weighted by Gasteiger charge is 2.05. The third kappa shape index (κ3) is 2.04. The van der Waals surface area contributed by atoms with Gasteiger partial charge in [-0.25, -0.2) is 4.98 Å². The summed E-state index contributed by atoms with van der Waals surface area (Å²) in [6, 6.07) is 18.6. The van der Waals surface area contributed by atoms with Crippen LogP contribution >= 0.6 is 15.9 Å². The Morgan fingerprint density at radius 3 is 2.50 bits per heavy atom. The van der Waals surface area contributed by atoms with Crippen LogP contribution in [0.4, 0.5) is 0 Å². The van der Waals surface area contributed by atoms with Crippen molar-refractivity contribution in [2.24, 2.45) is 0 Å². The summed E-state index contributed by atoms with van der Waals surface area (Å²) in [6.45, 7) is 2.09. The van der Waals surface area contributed by atoms with Crippen LogP contribution in [0.5, 0.6) is 0 Å². The number of fused-ring (bicyclic) bond motifs is 1. The molecule has 88 valence electrons. The SMILES string of the molecule is Cc1ccc2nc(-c3ccccc3)cc(Br)c2c1. The first kappa shape index (κ1) is 11.4. The van der Waals surface area contributed by atoms with E-state index in [0.717, 1.165) is 26.6 Å². The fourth-order valence-corrected chi connectivity index (χ4v) is 2.59. The molecule has 0 bridgehead atoms. The molecule has 0 N–H and O–H groups in total. The van der Waals surface area contributed by atoms with E-state index in [-0.39, 0.29) is 0 Å². The number of aromatic nitrogens is 1. The molecule has 3 aromatic rings. The summed E-state index contributed by atoms with van der Waals surface area (Å²) in [6.07, 6.45) is 0. The number of aryl methyl sites for hydroxylation is 1. The highest BCUT2D eigenvalue weighted by molar-refractivity contribution is 9.10. The highest BCUT2D eigenvalue weighted by Crippen LogP contribution is 2.28. The molecule has 18 heavy (non-hydrogen) atoms. The number of pyridine rings is 1. The molecule has 2 aromatic carbocycles. The first-order valence-corrected chi connectivity index (χ1v) is 6.66. The molecule has 0 unspecified atom stereocenters. The zero-order valence-electron chi connectivity index (χ0n) is 10.0. The smallest absolute Gasteiger partial charge is 0.0721 e. The Morgan fingerprint density at radius 2 is 1.72 bits per heavy atom. The van der Waals surface area contributed by atoms with Gasteiger partial charge in [0.25, 0.3) is 0 Å². The van der Waals surface area contributed by atoms with E-state index < -0.39 is 0 Å². The van der Waals surface area contributed by atoms with Crippen LogP contribution in [0.2, 0.25) is 0 Å². The van der Waals surface area contributed by atoms with Gasteiger partial charge in [-0.05, 0) is 25.1 Å². The van der Waals surface area contributed by atoms with Gasteiger partial charge in [0.1, 0.15) is 0 Å². The van der Waals surface area contributed by atoms with Crippen molar-refractivity contribution < 1.29 is 0 Å². The maximum absolute atomic E-state index is 4.72. The van der Waals surface area contributed by atoms with Crippen LogP contribution < -0.4 is 0 Å². The van der Waals surface area contributed by atoms with Crippen molar-refractivity contribution in [1.29, 1.82) is 0 Å². The lowest BCUT2D eigenvalue weighted by molar-refractivity contribution is 1.37. The zero-order chi connectivity index (χ0) is 12.5. The number of nitrogens with zero attached hydrogens (tertiary/aromatic N) is 1. The van der Waals surface area contributed by atoms with E-state index in [1.807, 2.05) is 18.2 Å². The summed E-state index contributed by atoms with van der Waals surface area (Å²) < 4.78 is 1.09. The van der Waals surface area contributed by atoms with Crippen LogP contribution in [0.1, 0.15) is 5.56 Å². The van der Waals surface area contributed by atoms with Gasteiger partial charge in [-0.2, -0.15) is 0 Å². The van der Waals surface area contributed by atoms with E-state index in [2.05, 4.69) is 59.3 Å². The maximum atomic E-state index is 4.72. The monoisotopic (exact) mass is 297 g/mol. The lowest BCUT2D eigenvalue weighted by Crippen LogP contribution is -1.87. The molecule has 3 rings (SSSR count). The van der Waals surface area contributed by atoms with E-state index in [9.17, 15) is 0 Å². The Morgan fingerprint density at radius 1 is 0.944 bits per heavy atom. The molecule has 0 fully saturated rings. The Bertz CT molecular complexity index is 705. The van der Waals surface area contributed by atoms with E-state index in [4.69, 9.17) is 4.98 Å². The summed E-state index contributed by atoms with van der Waals surface area (Å²) in [5.41, 5.74) is 4.41. The zero-order valence-corrected chi connectivity index (χ0v) is 11.6. The van der Waals surface area contributed by atoms with E-state index >= 15 is 0 Å². The molecule has 0 aliphatic rings. The second-order valence-electron chi connectivity index (χ2n) is 4.38. The molecular weight excluding hydrogens is 286 g/mol. The molecule has 0 saturated carbocycles. The molecule has 2 heteroatoms. The fraction of sp³-hybridized carbons (Fsp3) is 0.0625. The third-order valence-electron chi connectivity index (χ3n) is 2.98. The van der Waals surface area contributed by atoms with Crippen molar-refractivity contribution in [1.82, 2.24) is 4.98 Å². The van der Waals surface area contributed by atoms with Crippen LogP contribution in [0.15, 0.2) is 59.1 Å². The molecule has 0 aliphatic heterocycles. The van der Waals surface area contributed by atoms with Crippen LogP contribution in [0.3, 0.4) is 0 Å². The number of hydrogen-bond acceptors (Lipinski definition) is 1. The molecule has 1 heterocycles. The van der Waals surface area contributed by atoms with Crippen molar-refractivity contribution >= 4 is 26.8 Å². The molecule has 0 aliphatic carbocycles. The van der Waals surface area contributed by atoms with Crippen molar-refractivity contribution in [3.05, 3.63) is 64.6 Å². The van der Waals surface area contributed by atoms with Gasteiger partial charge in [-0.1, -0.05) is 57.9 Å². The second-order valence-corrected chi connectivity index (χ2v) is 5.23. The Hall–Kier alpha value is -1.67. The Balaban J connectivity index is 2.25. The fourth-order valence-electron chi connectivity index (χ4n) is 2.06. The molecule has 1 nitrogen and oxygen atoms in total. The average Bonchev–Trinajstić information content (AvgIpc) is 2.40. The van der Waals surface area contributed by atoms with Crippen molar-refractivity contribution in [3.8, 4) is 11.3 Å².